The maximum absolute atomic E-state index is 13.4. The highest BCUT2D eigenvalue weighted by Crippen LogP contribution is 2.32. The van der Waals surface area contributed by atoms with Crippen LogP contribution in [0.2, 0.25) is 0 Å². The van der Waals surface area contributed by atoms with Crippen LogP contribution in [0.25, 0.3) is 0 Å². The largest absolute Gasteiger partial charge is 0.493 e. The van der Waals surface area contributed by atoms with Gasteiger partial charge in [0, 0.05) is 58.7 Å². The van der Waals surface area contributed by atoms with Crippen molar-refractivity contribution in [1.82, 2.24) is 14.7 Å². The van der Waals surface area contributed by atoms with Crippen molar-refractivity contribution in [3.8, 4) is 11.5 Å². The first kappa shape index (κ1) is 23.2. The average Bonchev–Trinajstić information content (AvgIpc) is 3.04. The lowest BCUT2D eigenvalue weighted by Crippen LogP contribution is -2.49. The molecule has 3 rings (SSSR count). The van der Waals surface area contributed by atoms with Gasteiger partial charge in [0.05, 0.1) is 12.7 Å². The van der Waals surface area contributed by atoms with Crippen molar-refractivity contribution in [3.05, 3.63) is 23.8 Å². The van der Waals surface area contributed by atoms with E-state index in [0.29, 0.717) is 51.5 Å². The number of halogens is 2. The topological polar surface area (TPSA) is 48.4 Å². The quantitative estimate of drug-likeness (QED) is 0.653. The van der Waals surface area contributed by atoms with Crippen LogP contribution in [0.5, 0.6) is 11.5 Å². The predicted molar refractivity (Wildman–Crippen MR) is 113 cm³/mol. The van der Waals surface area contributed by atoms with Crippen LogP contribution in [0.15, 0.2) is 18.2 Å². The van der Waals surface area contributed by atoms with Crippen LogP contribution >= 0.6 is 0 Å². The van der Waals surface area contributed by atoms with Crippen LogP contribution in [-0.4, -0.2) is 98.4 Å². The average molecular weight is 428 g/mol. The van der Waals surface area contributed by atoms with Crippen LogP contribution in [0, 0.1) is 0 Å². The SMILES string of the molecule is COc1cc(CN2CC[C@@](O)(CN3CCC(F)(F)CC3)C2)ccc1OCCN(C)C. The first-order valence-corrected chi connectivity index (χ1v) is 10.7. The Kier molecular flexibility index (Phi) is 7.55. The lowest BCUT2D eigenvalue weighted by Gasteiger charge is -2.36. The first-order chi connectivity index (χ1) is 14.2. The fourth-order valence-electron chi connectivity index (χ4n) is 4.19. The molecule has 0 aromatic heterocycles. The number of alkyl halides is 2. The van der Waals surface area contributed by atoms with Gasteiger partial charge >= 0.3 is 0 Å². The van der Waals surface area contributed by atoms with Gasteiger partial charge in [0.25, 0.3) is 5.92 Å². The molecule has 0 aliphatic carbocycles. The monoisotopic (exact) mass is 427 g/mol. The molecule has 2 heterocycles. The van der Waals surface area contributed by atoms with Gasteiger partial charge in [0.2, 0.25) is 0 Å². The number of hydrogen-bond acceptors (Lipinski definition) is 6. The summed E-state index contributed by atoms with van der Waals surface area (Å²) in [6, 6.07) is 5.94. The third-order valence-corrected chi connectivity index (χ3v) is 5.95. The molecule has 0 radical (unpaired) electrons. The van der Waals surface area contributed by atoms with Crippen molar-refractivity contribution in [2.75, 3.05) is 67.1 Å². The zero-order valence-electron chi connectivity index (χ0n) is 18.4. The Morgan fingerprint density at radius 2 is 1.77 bits per heavy atom. The second kappa shape index (κ2) is 9.77. The molecule has 0 saturated carbocycles. The molecule has 1 N–H and O–H groups in total. The number of likely N-dealkylation sites (tertiary alicyclic amines) is 2. The Morgan fingerprint density at radius 3 is 2.43 bits per heavy atom. The van der Waals surface area contributed by atoms with E-state index >= 15 is 0 Å². The van der Waals surface area contributed by atoms with Crippen molar-refractivity contribution in [1.29, 1.82) is 0 Å². The van der Waals surface area contributed by atoms with Crippen molar-refractivity contribution in [2.24, 2.45) is 0 Å². The molecule has 8 heteroatoms. The fourth-order valence-corrected chi connectivity index (χ4v) is 4.19. The highest BCUT2D eigenvalue weighted by molar-refractivity contribution is 5.43. The van der Waals surface area contributed by atoms with Crippen LogP contribution in [0.4, 0.5) is 8.78 Å². The molecule has 1 aromatic carbocycles. The van der Waals surface area contributed by atoms with Crippen molar-refractivity contribution in [3.63, 3.8) is 0 Å². The molecular formula is C22H35F2N3O3. The van der Waals surface area contributed by atoms with E-state index in [4.69, 9.17) is 9.47 Å². The third kappa shape index (κ3) is 6.51. The summed E-state index contributed by atoms with van der Waals surface area (Å²) < 4.78 is 38.0. The molecule has 0 spiro atoms. The van der Waals surface area contributed by atoms with Crippen LogP contribution in [0.3, 0.4) is 0 Å². The van der Waals surface area contributed by atoms with E-state index in [-0.39, 0.29) is 12.8 Å². The van der Waals surface area contributed by atoms with Crippen LogP contribution in [0.1, 0.15) is 24.8 Å². The zero-order valence-corrected chi connectivity index (χ0v) is 18.4. The number of methoxy groups -OCH3 is 1. The summed E-state index contributed by atoms with van der Waals surface area (Å²) >= 11 is 0. The van der Waals surface area contributed by atoms with Crippen LogP contribution in [-0.2, 0) is 6.54 Å². The minimum Gasteiger partial charge on any atom is -0.493 e. The number of rotatable bonds is 9. The van der Waals surface area contributed by atoms with Gasteiger partial charge in [-0.1, -0.05) is 6.07 Å². The van der Waals surface area contributed by atoms with Gasteiger partial charge in [-0.2, -0.15) is 0 Å². The van der Waals surface area contributed by atoms with E-state index in [0.717, 1.165) is 24.4 Å². The van der Waals surface area contributed by atoms with Gasteiger partial charge in [0.1, 0.15) is 6.61 Å². The van der Waals surface area contributed by atoms with Gasteiger partial charge in [-0.3, -0.25) is 9.80 Å². The molecule has 170 valence electrons. The number of piperidine rings is 1. The molecule has 2 aliphatic rings. The highest BCUT2D eigenvalue weighted by Gasteiger charge is 2.40. The third-order valence-electron chi connectivity index (χ3n) is 5.95. The Hall–Kier alpha value is -1.48. The van der Waals surface area contributed by atoms with Crippen molar-refractivity contribution >= 4 is 0 Å². The summed E-state index contributed by atoms with van der Waals surface area (Å²) in [5.74, 6) is -1.12. The summed E-state index contributed by atoms with van der Waals surface area (Å²) in [5.41, 5.74) is 0.250. The summed E-state index contributed by atoms with van der Waals surface area (Å²) in [6.07, 6.45) is 0.424. The lowest BCUT2D eigenvalue weighted by atomic mass is 10.00. The molecule has 0 bridgehead atoms. The smallest absolute Gasteiger partial charge is 0.250 e. The van der Waals surface area contributed by atoms with E-state index in [1.807, 2.05) is 37.2 Å². The number of ether oxygens (including phenoxy) is 2. The molecule has 1 aromatic rings. The maximum atomic E-state index is 13.4. The van der Waals surface area contributed by atoms with Gasteiger partial charge in [-0.05, 0) is 38.2 Å². The van der Waals surface area contributed by atoms with E-state index < -0.39 is 11.5 Å². The number of aliphatic hydroxyl groups is 1. The van der Waals surface area contributed by atoms with E-state index in [2.05, 4.69) is 9.80 Å². The van der Waals surface area contributed by atoms with Crippen molar-refractivity contribution < 1.29 is 23.4 Å². The summed E-state index contributed by atoms with van der Waals surface area (Å²) in [4.78, 5) is 6.24. The van der Waals surface area contributed by atoms with Gasteiger partial charge in [0.15, 0.2) is 11.5 Å². The fraction of sp³-hybridized carbons (Fsp3) is 0.727. The lowest BCUT2D eigenvalue weighted by molar-refractivity contribution is -0.0724. The minimum absolute atomic E-state index is 0.116. The molecule has 0 unspecified atom stereocenters. The van der Waals surface area contributed by atoms with E-state index in [1.54, 1.807) is 7.11 Å². The van der Waals surface area contributed by atoms with E-state index in [9.17, 15) is 13.9 Å². The number of benzene rings is 1. The van der Waals surface area contributed by atoms with Gasteiger partial charge in [-0.15, -0.1) is 0 Å². The molecule has 2 saturated heterocycles. The van der Waals surface area contributed by atoms with Crippen molar-refractivity contribution in [2.45, 2.75) is 37.3 Å². The van der Waals surface area contributed by atoms with Gasteiger partial charge < -0.3 is 19.5 Å². The number of hydrogen-bond donors (Lipinski definition) is 1. The predicted octanol–water partition coefficient (Wildman–Crippen LogP) is 2.30. The minimum atomic E-state index is -2.55. The number of nitrogens with zero attached hydrogens (tertiary/aromatic N) is 3. The Balaban J connectivity index is 1.52. The van der Waals surface area contributed by atoms with Gasteiger partial charge in [-0.25, -0.2) is 8.78 Å². The van der Waals surface area contributed by atoms with E-state index in [1.165, 1.54) is 0 Å². The zero-order chi connectivity index (χ0) is 21.8. The normalized spacial score (nSPS) is 25.0. The standard InChI is InChI=1S/C22H35F2N3O3/c1-25(2)12-13-30-19-5-4-18(14-20(19)29-3)15-27-9-6-21(28,17-27)16-26-10-7-22(23,24)8-11-26/h4-5,14,28H,6-13,15-17H2,1-3H3/t21-/m1/s1. The second-order valence-corrected chi connectivity index (χ2v) is 8.95. The summed E-state index contributed by atoms with van der Waals surface area (Å²) in [5, 5.41) is 11.0. The Bertz CT molecular complexity index is 694. The number of likely N-dealkylation sites (N-methyl/N-ethyl adjacent to an activating group) is 1. The highest BCUT2D eigenvalue weighted by atomic mass is 19.3. The molecule has 2 fully saturated rings. The molecule has 30 heavy (non-hydrogen) atoms. The Labute approximate surface area is 178 Å². The molecular weight excluding hydrogens is 392 g/mol. The summed E-state index contributed by atoms with van der Waals surface area (Å²) in [7, 11) is 5.64. The second-order valence-electron chi connectivity index (χ2n) is 8.95. The molecule has 1 atom stereocenters. The van der Waals surface area contributed by atoms with Crippen LogP contribution < -0.4 is 9.47 Å². The molecule has 2 aliphatic heterocycles. The first-order valence-electron chi connectivity index (χ1n) is 10.7. The summed E-state index contributed by atoms with van der Waals surface area (Å²) in [6.45, 7) is 4.60. The Morgan fingerprint density at radius 1 is 1.07 bits per heavy atom. The molecule has 0 amide bonds. The maximum Gasteiger partial charge on any atom is 0.250 e. The number of β-amino-alcohol motifs (C(OH)–C–C–N with tert-alkyl or cyclic N) is 1. The molecule has 6 nitrogen and oxygen atoms in total.